The van der Waals surface area contributed by atoms with Crippen LogP contribution >= 0.6 is 0 Å². The molecule has 10 heteroatoms. The summed E-state index contributed by atoms with van der Waals surface area (Å²) in [7, 11) is 1.41. The van der Waals surface area contributed by atoms with Gasteiger partial charge in [0.15, 0.2) is 17.1 Å². The van der Waals surface area contributed by atoms with E-state index in [1.54, 1.807) is 12.5 Å². The number of aromatic nitrogens is 6. The molecule has 3 aromatic rings. The van der Waals surface area contributed by atoms with Crippen LogP contribution < -0.4 is 10.7 Å². The van der Waals surface area contributed by atoms with Gasteiger partial charge in [0.25, 0.3) is 11.3 Å². The number of nitrogens with one attached hydrogen (secondary N) is 1. The molecule has 0 unspecified atom stereocenters. The topological polar surface area (TPSA) is 128 Å². The van der Waals surface area contributed by atoms with Gasteiger partial charge in [-0.2, -0.15) is 5.10 Å². The normalized spacial score (nSPS) is 15.9. The Bertz CT molecular complexity index is 1070. The smallest absolute Gasteiger partial charge is 0.275 e. The Hall–Kier alpha value is -3.30. The van der Waals surface area contributed by atoms with Crippen molar-refractivity contribution in [2.75, 3.05) is 7.05 Å². The van der Waals surface area contributed by atoms with Gasteiger partial charge in [0, 0.05) is 7.05 Å². The van der Waals surface area contributed by atoms with Crippen LogP contribution in [0.2, 0.25) is 0 Å². The van der Waals surface area contributed by atoms with E-state index < -0.39 is 17.1 Å². The zero-order chi connectivity index (χ0) is 19.0. The molecule has 2 N–H and O–H groups in total. The molecule has 0 spiro atoms. The molecular weight excluding hydrogens is 350 g/mol. The van der Waals surface area contributed by atoms with Crippen molar-refractivity contribution in [3.63, 3.8) is 0 Å². The lowest BCUT2D eigenvalue weighted by Gasteiger charge is -2.31. The van der Waals surface area contributed by atoms with E-state index in [0.717, 1.165) is 31.3 Å². The van der Waals surface area contributed by atoms with Crippen molar-refractivity contribution in [1.29, 1.82) is 0 Å². The van der Waals surface area contributed by atoms with E-state index in [1.165, 1.54) is 24.3 Å². The van der Waals surface area contributed by atoms with Crippen molar-refractivity contribution in [2.45, 2.75) is 37.8 Å². The minimum absolute atomic E-state index is 0.330. The summed E-state index contributed by atoms with van der Waals surface area (Å²) in [6.07, 6.45) is 9.94. The number of nitrogens with zero attached hydrogens (tertiary/aromatic N) is 6. The lowest BCUT2D eigenvalue weighted by Crippen LogP contribution is -2.37. The Kier molecular flexibility index (Phi) is 4.09. The predicted octanol–water partition coefficient (Wildman–Crippen LogP) is 0.418. The first-order chi connectivity index (χ1) is 13.0. The zero-order valence-electron chi connectivity index (χ0n) is 14.8. The maximum atomic E-state index is 12.0. The second kappa shape index (κ2) is 6.45. The number of rotatable bonds is 4. The van der Waals surface area contributed by atoms with Gasteiger partial charge in [-0.3, -0.25) is 14.3 Å². The van der Waals surface area contributed by atoms with Gasteiger partial charge >= 0.3 is 0 Å². The Morgan fingerprint density at radius 3 is 2.85 bits per heavy atom. The van der Waals surface area contributed by atoms with Crippen LogP contribution in [-0.4, -0.2) is 47.4 Å². The average molecular weight is 369 g/mol. The van der Waals surface area contributed by atoms with E-state index >= 15 is 0 Å². The molecule has 1 aliphatic carbocycles. The minimum atomic E-state index is -0.785. The Morgan fingerprint density at radius 1 is 1.33 bits per heavy atom. The second-order valence-corrected chi connectivity index (χ2v) is 6.75. The Morgan fingerprint density at radius 2 is 2.11 bits per heavy atom. The van der Waals surface area contributed by atoms with Crippen molar-refractivity contribution in [1.82, 2.24) is 34.6 Å². The molecule has 1 fully saturated rings. The van der Waals surface area contributed by atoms with E-state index in [9.17, 15) is 14.7 Å². The summed E-state index contributed by atoms with van der Waals surface area (Å²) >= 11 is 0. The van der Waals surface area contributed by atoms with Crippen molar-refractivity contribution in [3.05, 3.63) is 41.0 Å². The van der Waals surface area contributed by atoms with Crippen LogP contribution in [0, 0.1) is 0 Å². The molecule has 0 saturated heterocycles. The number of carbonyl (C=O) groups is 1. The number of amides is 1. The van der Waals surface area contributed by atoms with Crippen LogP contribution in [-0.2, 0) is 12.1 Å². The zero-order valence-corrected chi connectivity index (χ0v) is 14.8. The van der Waals surface area contributed by atoms with Crippen molar-refractivity contribution >= 4 is 17.1 Å². The van der Waals surface area contributed by atoms with Crippen molar-refractivity contribution in [2.24, 2.45) is 0 Å². The fraction of sp³-hybridized carbons (Fsp3) is 0.412. The Balaban J connectivity index is 1.80. The molecule has 1 amide bonds. The van der Waals surface area contributed by atoms with E-state index in [1.807, 2.05) is 4.57 Å². The fourth-order valence-electron chi connectivity index (χ4n) is 3.80. The summed E-state index contributed by atoms with van der Waals surface area (Å²) in [5.41, 5.74) is -0.0537. The maximum Gasteiger partial charge on any atom is 0.275 e. The summed E-state index contributed by atoms with van der Waals surface area (Å²) in [5.74, 6) is -1.14. The van der Waals surface area contributed by atoms with Crippen LogP contribution in [0.25, 0.3) is 11.2 Å². The molecule has 0 aromatic carbocycles. The number of imidazole rings is 1. The van der Waals surface area contributed by atoms with Crippen LogP contribution in [0.4, 0.5) is 0 Å². The van der Waals surface area contributed by atoms with E-state index in [-0.39, 0.29) is 11.2 Å². The standard InChI is InChI=1S/C17H19N7O3/c1-18-16(27)13-14(26)12(25)7-23(22-13)8-17(4-2-3-5-17)24-10-21-11-6-19-9-20-15(11)24/h6-7,9-10,25H,2-5,8H2,1H3,(H,18,27). The summed E-state index contributed by atoms with van der Waals surface area (Å²) < 4.78 is 3.48. The third kappa shape index (κ3) is 2.82. The van der Waals surface area contributed by atoms with Gasteiger partial charge in [-0.25, -0.2) is 15.0 Å². The highest BCUT2D eigenvalue weighted by atomic mass is 16.3. The SMILES string of the molecule is CNC(=O)c1nn(CC2(n3cnc4cncnc43)CCCC2)cc(O)c1=O. The van der Waals surface area contributed by atoms with Gasteiger partial charge in [-0.05, 0) is 12.8 Å². The van der Waals surface area contributed by atoms with Gasteiger partial charge < -0.3 is 15.0 Å². The van der Waals surface area contributed by atoms with Crippen LogP contribution in [0.15, 0.2) is 29.8 Å². The quantitative estimate of drug-likeness (QED) is 0.682. The first-order valence-electron chi connectivity index (χ1n) is 8.70. The van der Waals surface area contributed by atoms with Gasteiger partial charge in [0.2, 0.25) is 0 Å². The molecule has 3 heterocycles. The largest absolute Gasteiger partial charge is 0.503 e. The van der Waals surface area contributed by atoms with Gasteiger partial charge in [0.05, 0.1) is 30.8 Å². The molecule has 27 heavy (non-hydrogen) atoms. The molecule has 0 radical (unpaired) electrons. The third-order valence-corrected chi connectivity index (χ3v) is 5.10. The monoisotopic (exact) mass is 369 g/mol. The summed E-state index contributed by atoms with van der Waals surface area (Å²) in [4.78, 5) is 36.7. The van der Waals surface area contributed by atoms with Gasteiger partial charge in [-0.1, -0.05) is 12.8 Å². The van der Waals surface area contributed by atoms with Crippen molar-refractivity contribution < 1.29 is 9.90 Å². The summed E-state index contributed by atoms with van der Waals surface area (Å²) in [6.45, 7) is 0.375. The van der Waals surface area contributed by atoms with E-state index in [2.05, 4.69) is 25.4 Å². The fourth-order valence-corrected chi connectivity index (χ4v) is 3.80. The predicted molar refractivity (Wildman–Crippen MR) is 95.3 cm³/mol. The third-order valence-electron chi connectivity index (χ3n) is 5.10. The number of hydrogen-bond donors (Lipinski definition) is 2. The molecule has 10 nitrogen and oxygen atoms in total. The molecule has 0 bridgehead atoms. The molecule has 0 aliphatic heterocycles. The first kappa shape index (κ1) is 17.1. The summed E-state index contributed by atoms with van der Waals surface area (Å²) in [5, 5.41) is 16.5. The molecule has 1 aliphatic rings. The molecule has 0 atom stereocenters. The highest BCUT2D eigenvalue weighted by Gasteiger charge is 2.38. The molecule has 1 saturated carbocycles. The Labute approximate surface area is 153 Å². The van der Waals surface area contributed by atoms with E-state index in [4.69, 9.17) is 0 Å². The second-order valence-electron chi connectivity index (χ2n) is 6.75. The van der Waals surface area contributed by atoms with Crippen molar-refractivity contribution in [3.8, 4) is 5.75 Å². The van der Waals surface area contributed by atoms with Crippen LogP contribution in [0.1, 0.15) is 36.2 Å². The maximum absolute atomic E-state index is 12.0. The molecule has 140 valence electrons. The first-order valence-corrected chi connectivity index (χ1v) is 8.70. The number of carbonyl (C=O) groups excluding carboxylic acids is 1. The minimum Gasteiger partial charge on any atom is -0.503 e. The molecule has 4 rings (SSSR count). The van der Waals surface area contributed by atoms with Gasteiger partial charge in [0.1, 0.15) is 11.8 Å². The summed E-state index contributed by atoms with van der Waals surface area (Å²) in [6, 6.07) is 0. The lowest BCUT2D eigenvalue weighted by molar-refractivity contribution is 0.0952. The highest BCUT2D eigenvalue weighted by molar-refractivity contribution is 5.92. The van der Waals surface area contributed by atoms with Crippen LogP contribution in [0.3, 0.4) is 0 Å². The van der Waals surface area contributed by atoms with Gasteiger partial charge in [-0.15, -0.1) is 0 Å². The van der Waals surface area contributed by atoms with Crippen LogP contribution in [0.5, 0.6) is 5.75 Å². The molecular formula is C17H19N7O3. The number of fused-ring (bicyclic) bond motifs is 1. The highest BCUT2D eigenvalue weighted by Crippen LogP contribution is 2.39. The number of aromatic hydroxyl groups is 1. The molecule has 3 aromatic heterocycles. The number of hydrogen-bond acceptors (Lipinski definition) is 7. The average Bonchev–Trinajstić information content (AvgIpc) is 3.31. The van der Waals surface area contributed by atoms with E-state index in [0.29, 0.717) is 12.1 Å². The lowest BCUT2D eigenvalue weighted by atomic mass is 9.97.